The zero-order chi connectivity index (χ0) is 27.4. The van der Waals surface area contributed by atoms with Crippen molar-refractivity contribution in [3.05, 3.63) is 18.5 Å². The van der Waals surface area contributed by atoms with Crippen molar-refractivity contribution < 1.29 is 19.0 Å². The van der Waals surface area contributed by atoms with Gasteiger partial charge in [-0.15, -0.1) is 0 Å². The van der Waals surface area contributed by atoms with Crippen LogP contribution >= 0.6 is 0 Å². The molecular formula is C28H36N8O4. The Morgan fingerprint density at radius 2 is 1.95 bits per heavy atom. The Kier molecular flexibility index (Phi) is 6.19. The molecule has 2 aliphatic heterocycles. The molecular weight excluding hydrogens is 512 g/mol. The number of nitrogens with one attached hydrogen (secondary N) is 1. The first-order chi connectivity index (χ1) is 19.4. The van der Waals surface area contributed by atoms with Crippen LogP contribution in [0.2, 0.25) is 0 Å². The van der Waals surface area contributed by atoms with Gasteiger partial charge in [0.25, 0.3) is 0 Å². The van der Waals surface area contributed by atoms with Gasteiger partial charge in [-0.2, -0.15) is 5.10 Å². The van der Waals surface area contributed by atoms with E-state index in [1.54, 1.807) is 6.07 Å². The van der Waals surface area contributed by atoms with E-state index in [4.69, 9.17) is 25.0 Å². The second-order valence-electron chi connectivity index (χ2n) is 11.8. The summed E-state index contributed by atoms with van der Waals surface area (Å²) in [7, 11) is 4.31. The first-order valence-electron chi connectivity index (χ1n) is 14.2. The van der Waals surface area contributed by atoms with Crippen molar-refractivity contribution in [2.45, 2.75) is 56.7 Å². The summed E-state index contributed by atoms with van der Waals surface area (Å²) >= 11 is 0. The van der Waals surface area contributed by atoms with E-state index in [2.05, 4.69) is 39.2 Å². The van der Waals surface area contributed by atoms with Gasteiger partial charge < -0.3 is 29.7 Å². The minimum atomic E-state index is -0.465. The van der Waals surface area contributed by atoms with Crippen molar-refractivity contribution in [2.75, 3.05) is 51.6 Å². The molecule has 4 fully saturated rings. The molecule has 2 bridgehead atoms. The van der Waals surface area contributed by atoms with E-state index in [1.807, 2.05) is 10.7 Å². The number of fused-ring (bicyclic) bond motifs is 3. The van der Waals surface area contributed by atoms with Crippen molar-refractivity contribution in [1.82, 2.24) is 29.5 Å². The molecule has 12 nitrogen and oxygen atoms in total. The number of carbonyl (C=O) groups excluding carboxylic acids is 1. The summed E-state index contributed by atoms with van der Waals surface area (Å²) in [6.07, 6.45) is 7.33. The molecule has 0 radical (unpaired) electrons. The van der Waals surface area contributed by atoms with Crippen LogP contribution in [0.1, 0.15) is 38.5 Å². The highest BCUT2D eigenvalue weighted by Crippen LogP contribution is 2.54. The molecule has 3 N–H and O–H groups in total. The maximum absolute atomic E-state index is 12.7. The van der Waals surface area contributed by atoms with Gasteiger partial charge in [-0.25, -0.2) is 19.4 Å². The summed E-state index contributed by atoms with van der Waals surface area (Å²) in [6, 6.07) is 4.29. The lowest BCUT2D eigenvalue weighted by Gasteiger charge is -2.37. The van der Waals surface area contributed by atoms with Crippen molar-refractivity contribution in [3.8, 4) is 22.8 Å². The third-order valence-corrected chi connectivity index (χ3v) is 9.12. The average Bonchev–Trinajstić information content (AvgIpc) is 3.71. The fourth-order valence-corrected chi connectivity index (χ4v) is 6.89. The predicted molar refractivity (Wildman–Crippen MR) is 149 cm³/mol. The maximum Gasteiger partial charge on any atom is 0.412 e. The largest absolute Gasteiger partial charge is 0.453 e. The third-order valence-electron chi connectivity index (χ3n) is 9.12. The molecule has 3 saturated carbocycles. The van der Waals surface area contributed by atoms with Gasteiger partial charge in [0.05, 0.1) is 17.6 Å². The highest BCUT2D eigenvalue weighted by molar-refractivity contribution is 6.01. The molecule has 5 aliphatic rings. The van der Waals surface area contributed by atoms with Crippen molar-refractivity contribution in [3.63, 3.8) is 0 Å². The number of amides is 1. The second-order valence-corrected chi connectivity index (χ2v) is 11.8. The minimum Gasteiger partial charge on any atom is -0.453 e. The number of benzene rings is 1. The summed E-state index contributed by atoms with van der Waals surface area (Å²) in [5.41, 5.74) is 8.58. The van der Waals surface area contributed by atoms with E-state index >= 15 is 0 Å². The molecule has 1 aromatic carbocycles. The average molecular weight is 549 g/mol. The van der Waals surface area contributed by atoms with Crippen molar-refractivity contribution >= 4 is 28.6 Å². The monoisotopic (exact) mass is 548 g/mol. The van der Waals surface area contributed by atoms with E-state index in [0.29, 0.717) is 63.8 Å². The van der Waals surface area contributed by atoms with Crippen molar-refractivity contribution in [2.24, 2.45) is 5.92 Å². The lowest BCUT2D eigenvalue weighted by atomic mass is 9.80. The molecule has 0 unspecified atom stereocenters. The number of aromatic nitrogens is 4. The van der Waals surface area contributed by atoms with Gasteiger partial charge in [0.1, 0.15) is 23.4 Å². The molecule has 12 heteroatoms. The fraction of sp³-hybridized carbons (Fsp3) is 0.571. The third kappa shape index (κ3) is 4.39. The van der Waals surface area contributed by atoms with Crippen LogP contribution in [0.4, 0.5) is 16.3 Å². The number of piperidine rings is 1. The molecule has 3 aromatic rings. The van der Waals surface area contributed by atoms with Crippen molar-refractivity contribution in [1.29, 1.82) is 0 Å². The normalized spacial score (nSPS) is 24.0. The van der Waals surface area contributed by atoms with Crippen LogP contribution in [0.3, 0.4) is 0 Å². The van der Waals surface area contributed by atoms with Crippen LogP contribution < -0.4 is 20.5 Å². The van der Waals surface area contributed by atoms with Gasteiger partial charge in [0, 0.05) is 18.2 Å². The zero-order valence-electron chi connectivity index (χ0n) is 23.1. The van der Waals surface area contributed by atoms with Crippen LogP contribution in [0.25, 0.3) is 22.3 Å². The van der Waals surface area contributed by atoms with Gasteiger partial charge >= 0.3 is 6.09 Å². The number of hydrogen-bond donors (Lipinski definition) is 2. The Morgan fingerprint density at radius 1 is 1.15 bits per heavy atom. The van der Waals surface area contributed by atoms with E-state index in [9.17, 15) is 4.79 Å². The molecule has 3 aliphatic carbocycles. The van der Waals surface area contributed by atoms with Crippen LogP contribution in [0.15, 0.2) is 18.5 Å². The standard InChI is InChI=1S/C28H36N8O4/c1-34(2)18-6-9-35(10-7-18)11-12-36-26-21(25(29)30-15-31-26)22(33-36)19-3-4-20(24-23(19)38-16-39-24)32-27(37)40-28-8-5-17(13-28)14-28/h3-4,15,17-18H,5-14,16H2,1-2H3,(H,32,37)(H2,29,30,31). The smallest absolute Gasteiger partial charge is 0.412 e. The van der Waals surface area contributed by atoms with E-state index < -0.39 is 6.09 Å². The summed E-state index contributed by atoms with van der Waals surface area (Å²) in [6.45, 7) is 3.69. The van der Waals surface area contributed by atoms with E-state index in [0.717, 1.165) is 58.2 Å². The van der Waals surface area contributed by atoms with Gasteiger partial charge in [-0.1, -0.05) is 0 Å². The highest BCUT2D eigenvalue weighted by atomic mass is 16.7. The Bertz CT molecular complexity index is 1440. The fourth-order valence-electron chi connectivity index (χ4n) is 6.89. The second kappa shape index (κ2) is 9.77. The van der Waals surface area contributed by atoms with Gasteiger partial charge in [0.2, 0.25) is 6.79 Å². The van der Waals surface area contributed by atoms with Gasteiger partial charge in [-0.05, 0) is 83.8 Å². The number of anilines is 2. The number of ether oxygens (including phenoxy) is 3. The minimum absolute atomic E-state index is 0.0369. The Morgan fingerprint density at radius 3 is 2.70 bits per heavy atom. The van der Waals surface area contributed by atoms with Crippen LogP contribution in [0, 0.1) is 5.92 Å². The summed E-state index contributed by atoms with van der Waals surface area (Å²) in [5.74, 6) is 2.01. The Labute approximate surface area is 232 Å². The lowest BCUT2D eigenvalue weighted by molar-refractivity contribution is -0.0303. The van der Waals surface area contributed by atoms with E-state index in [1.165, 1.54) is 6.33 Å². The summed E-state index contributed by atoms with van der Waals surface area (Å²) < 4.78 is 19.4. The van der Waals surface area contributed by atoms with E-state index in [-0.39, 0.29) is 12.4 Å². The predicted octanol–water partition coefficient (Wildman–Crippen LogP) is 3.32. The molecule has 0 spiro atoms. The van der Waals surface area contributed by atoms with Crippen LogP contribution in [-0.2, 0) is 11.3 Å². The molecule has 40 heavy (non-hydrogen) atoms. The highest BCUT2D eigenvalue weighted by Gasteiger charge is 2.53. The zero-order valence-corrected chi connectivity index (χ0v) is 23.1. The number of hydrogen-bond acceptors (Lipinski definition) is 10. The first-order valence-corrected chi connectivity index (χ1v) is 14.2. The number of nitrogen functional groups attached to an aromatic ring is 1. The first kappa shape index (κ1) is 25.3. The molecule has 1 saturated heterocycles. The molecule has 4 heterocycles. The summed E-state index contributed by atoms with van der Waals surface area (Å²) in [4.78, 5) is 26.3. The Balaban J connectivity index is 1.14. The van der Waals surface area contributed by atoms with Crippen LogP contribution in [0.5, 0.6) is 11.5 Å². The summed E-state index contributed by atoms with van der Waals surface area (Å²) in [5, 5.41) is 8.49. The van der Waals surface area contributed by atoms with Gasteiger partial charge in [-0.3, -0.25) is 5.32 Å². The van der Waals surface area contributed by atoms with Gasteiger partial charge in [0.15, 0.2) is 17.1 Å². The molecule has 0 atom stereocenters. The topological polar surface area (TPSA) is 133 Å². The number of carbonyl (C=O) groups is 1. The number of nitrogens with zero attached hydrogens (tertiary/aromatic N) is 6. The number of rotatable bonds is 7. The molecule has 1 amide bonds. The SMILES string of the molecule is CN(C)C1CCN(CCn2nc(-c3ccc(NC(=O)OC45CCC(C4)C5)c4c3OCO4)c3c(N)ncnc32)CC1. The molecule has 212 valence electrons. The molecule has 8 rings (SSSR count). The Hall–Kier alpha value is -3.64. The van der Waals surface area contributed by atoms with Crippen LogP contribution in [-0.4, -0.2) is 87.8 Å². The molecule has 2 aromatic heterocycles. The number of nitrogens with two attached hydrogens (primary N) is 1. The lowest BCUT2D eigenvalue weighted by Crippen LogP contribution is -2.42. The number of likely N-dealkylation sites (tertiary alicyclic amines) is 1. The maximum atomic E-state index is 12.7. The quantitative estimate of drug-likeness (QED) is 0.453.